The molecule has 0 amide bonds. The maximum absolute atomic E-state index is 5.05. The topological polar surface area (TPSA) is 24.5 Å². The van der Waals surface area contributed by atoms with Crippen molar-refractivity contribution in [2.75, 3.05) is 26.4 Å². The van der Waals surface area contributed by atoms with Crippen LogP contribution in [0.3, 0.4) is 0 Å². The van der Waals surface area contributed by atoms with Crippen molar-refractivity contribution in [3.63, 3.8) is 0 Å². The molecule has 1 fully saturated rings. The fourth-order valence-corrected chi connectivity index (χ4v) is 0.733. The average molecular weight is 116 g/mol. The second kappa shape index (κ2) is 3.02. The van der Waals surface area contributed by atoms with Gasteiger partial charge in [0.15, 0.2) is 0 Å². The highest BCUT2D eigenvalue weighted by molar-refractivity contribution is 4.49. The van der Waals surface area contributed by atoms with Crippen LogP contribution in [-0.4, -0.2) is 31.4 Å². The van der Waals surface area contributed by atoms with Gasteiger partial charge in [-0.2, -0.15) is 0 Å². The molecule has 0 bridgehead atoms. The standard InChI is InChI=1S/C5H12N2O/c1-2-7-3-4-8-5-6-7/h6H,2-5H2,1H3. The number of nitrogens with one attached hydrogen (secondary N) is 1. The Morgan fingerprint density at radius 1 is 1.75 bits per heavy atom. The van der Waals surface area contributed by atoms with E-state index in [0.29, 0.717) is 6.73 Å². The van der Waals surface area contributed by atoms with Gasteiger partial charge in [-0.3, -0.25) is 0 Å². The second-order valence-corrected chi connectivity index (χ2v) is 1.79. The summed E-state index contributed by atoms with van der Waals surface area (Å²) in [5.41, 5.74) is 3.08. The molecular weight excluding hydrogens is 104 g/mol. The van der Waals surface area contributed by atoms with E-state index in [0.717, 1.165) is 19.7 Å². The van der Waals surface area contributed by atoms with E-state index in [1.807, 2.05) is 0 Å². The van der Waals surface area contributed by atoms with Crippen LogP contribution < -0.4 is 5.43 Å². The van der Waals surface area contributed by atoms with Crippen LogP contribution in [0.25, 0.3) is 0 Å². The molecule has 0 aromatic heterocycles. The Balaban J connectivity index is 2.13. The molecule has 1 rings (SSSR count). The van der Waals surface area contributed by atoms with Gasteiger partial charge in [-0.1, -0.05) is 6.92 Å². The van der Waals surface area contributed by atoms with Crippen LogP contribution in [0, 0.1) is 0 Å². The minimum absolute atomic E-state index is 0.674. The first-order valence-electron chi connectivity index (χ1n) is 2.99. The summed E-state index contributed by atoms with van der Waals surface area (Å²) >= 11 is 0. The number of rotatable bonds is 1. The minimum atomic E-state index is 0.674. The zero-order chi connectivity index (χ0) is 5.82. The van der Waals surface area contributed by atoms with Crippen molar-refractivity contribution in [2.45, 2.75) is 6.92 Å². The highest BCUT2D eigenvalue weighted by atomic mass is 16.5. The lowest BCUT2D eigenvalue weighted by molar-refractivity contribution is -0.0162. The Kier molecular flexibility index (Phi) is 2.27. The lowest BCUT2D eigenvalue weighted by atomic mass is 10.6. The molecule has 0 radical (unpaired) electrons. The summed E-state index contributed by atoms with van der Waals surface area (Å²) in [6, 6.07) is 0. The Hall–Kier alpha value is -0.120. The Morgan fingerprint density at radius 3 is 3.00 bits per heavy atom. The predicted octanol–water partition coefficient (Wildman–Crippen LogP) is -0.199. The van der Waals surface area contributed by atoms with Crippen LogP contribution in [0.15, 0.2) is 0 Å². The Labute approximate surface area is 49.6 Å². The van der Waals surface area contributed by atoms with E-state index in [-0.39, 0.29) is 0 Å². The molecule has 0 unspecified atom stereocenters. The summed E-state index contributed by atoms with van der Waals surface area (Å²) in [6.07, 6.45) is 0. The zero-order valence-corrected chi connectivity index (χ0v) is 5.18. The minimum Gasteiger partial charge on any atom is -0.364 e. The smallest absolute Gasteiger partial charge is 0.109 e. The summed E-state index contributed by atoms with van der Waals surface area (Å²) in [7, 11) is 0. The SMILES string of the molecule is CCN1CCOCN1. The van der Waals surface area contributed by atoms with E-state index >= 15 is 0 Å². The number of likely N-dealkylation sites (N-methyl/N-ethyl adjacent to an activating group) is 1. The largest absolute Gasteiger partial charge is 0.364 e. The van der Waals surface area contributed by atoms with E-state index in [9.17, 15) is 0 Å². The summed E-state index contributed by atoms with van der Waals surface area (Å²) < 4.78 is 5.05. The quantitative estimate of drug-likeness (QED) is 0.513. The zero-order valence-electron chi connectivity index (χ0n) is 5.18. The van der Waals surface area contributed by atoms with Crippen LogP contribution >= 0.6 is 0 Å². The molecule has 0 atom stereocenters. The van der Waals surface area contributed by atoms with Crippen molar-refractivity contribution in [2.24, 2.45) is 0 Å². The predicted molar refractivity (Wildman–Crippen MR) is 31.2 cm³/mol. The van der Waals surface area contributed by atoms with Crippen molar-refractivity contribution in [1.82, 2.24) is 10.4 Å². The molecule has 0 saturated carbocycles. The van der Waals surface area contributed by atoms with Gasteiger partial charge in [0.05, 0.1) is 6.61 Å². The van der Waals surface area contributed by atoms with Crippen LogP contribution in [0.5, 0.6) is 0 Å². The van der Waals surface area contributed by atoms with Gasteiger partial charge in [0.1, 0.15) is 6.73 Å². The van der Waals surface area contributed by atoms with Crippen LogP contribution in [0.4, 0.5) is 0 Å². The molecule has 0 aromatic carbocycles. The number of hydrogen-bond acceptors (Lipinski definition) is 3. The van der Waals surface area contributed by atoms with Gasteiger partial charge in [0, 0.05) is 13.1 Å². The molecule has 8 heavy (non-hydrogen) atoms. The van der Waals surface area contributed by atoms with Crippen LogP contribution in [0.2, 0.25) is 0 Å². The number of hydrazine groups is 1. The highest BCUT2D eigenvalue weighted by Gasteiger charge is 2.04. The molecule has 3 heteroatoms. The summed E-state index contributed by atoms with van der Waals surface area (Å²) in [4.78, 5) is 0. The molecule has 1 aliphatic rings. The third-order valence-corrected chi connectivity index (χ3v) is 1.28. The van der Waals surface area contributed by atoms with E-state index < -0.39 is 0 Å². The highest BCUT2D eigenvalue weighted by Crippen LogP contribution is 1.87. The molecule has 48 valence electrons. The van der Waals surface area contributed by atoms with Crippen LogP contribution in [-0.2, 0) is 4.74 Å². The summed E-state index contributed by atoms with van der Waals surface area (Å²) in [5.74, 6) is 0. The van der Waals surface area contributed by atoms with Gasteiger partial charge in [-0.25, -0.2) is 10.4 Å². The molecule has 1 heterocycles. The molecule has 0 aromatic rings. The Morgan fingerprint density at radius 2 is 2.62 bits per heavy atom. The first kappa shape index (κ1) is 6.01. The number of hydrogen-bond donors (Lipinski definition) is 1. The van der Waals surface area contributed by atoms with Gasteiger partial charge in [0.2, 0.25) is 0 Å². The Bertz CT molecular complexity index is 61.4. The van der Waals surface area contributed by atoms with E-state index in [1.54, 1.807) is 0 Å². The number of ether oxygens (including phenoxy) is 1. The molecule has 1 N–H and O–H groups in total. The van der Waals surface area contributed by atoms with Crippen molar-refractivity contribution < 1.29 is 4.74 Å². The molecule has 0 aliphatic carbocycles. The molecule has 0 spiro atoms. The summed E-state index contributed by atoms with van der Waals surface area (Å²) in [5, 5.41) is 2.14. The van der Waals surface area contributed by atoms with E-state index in [1.165, 1.54) is 0 Å². The molecule has 1 aliphatic heterocycles. The van der Waals surface area contributed by atoms with Crippen molar-refractivity contribution in [3.8, 4) is 0 Å². The first-order valence-corrected chi connectivity index (χ1v) is 2.99. The van der Waals surface area contributed by atoms with Gasteiger partial charge >= 0.3 is 0 Å². The molecule has 1 saturated heterocycles. The maximum atomic E-state index is 5.05. The van der Waals surface area contributed by atoms with Crippen molar-refractivity contribution >= 4 is 0 Å². The first-order chi connectivity index (χ1) is 3.93. The molecular formula is C5H12N2O. The maximum Gasteiger partial charge on any atom is 0.109 e. The van der Waals surface area contributed by atoms with E-state index in [4.69, 9.17) is 4.74 Å². The third-order valence-electron chi connectivity index (χ3n) is 1.28. The van der Waals surface area contributed by atoms with Gasteiger partial charge in [-0.15, -0.1) is 0 Å². The fourth-order valence-electron chi connectivity index (χ4n) is 0.733. The monoisotopic (exact) mass is 116 g/mol. The number of nitrogens with zero attached hydrogens (tertiary/aromatic N) is 1. The summed E-state index contributed by atoms with van der Waals surface area (Å²) in [6.45, 7) is 5.73. The normalized spacial score (nSPS) is 23.6. The second-order valence-electron chi connectivity index (χ2n) is 1.79. The average Bonchev–Trinajstić information content (AvgIpc) is 1.90. The van der Waals surface area contributed by atoms with Crippen molar-refractivity contribution in [3.05, 3.63) is 0 Å². The van der Waals surface area contributed by atoms with Gasteiger partial charge in [-0.05, 0) is 0 Å². The van der Waals surface area contributed by atoms with Crippen LogP contribution in [0.1, 0.15) is 6.92 Å². The third kappa shape index (κ3) is 1.43. The lowest BCUT2D eigenvalue weighted by Gasteiger charge is -2.25. The van der Waals surface area contributed by atoms with Gasteiger partial charge in [0.25, 0.3) is 0 Å². The van der Waals surface area contributed by atoms with E-state index in [2.05, 4.69) is 17.4 Å². The lowest BCUT2D eigenvalue weighted by Crippen LogP contribution is -2.45. The molecule has 3 nitrogen and oxygen atoms in total. The van der Waals surface area contributed by atoms with Gasteiger partial charge < -0.3 is 4.74 Å². The fraction of sp³-hybridized carbons (Fsp3) is 1.00. The van der Waals surface area contributed by atoms with Crippen molar-refractivity contribution in [1.29, 1.82) is 0 Å².